The molecule has 2 nitrogen and oxygen atoms in total. The number of nitrogens with zero attached hydrogens (tertiary/aromatic N) is 2. The highest BCUT2D eigenvalue weighted by molar-refractivity contribution is 5.86. The van der Waals surface area contributed by atoms with Gasteiger partial charge in [-0.05, 0) is 30.5 Å². The van der Waals surface area contributed by atoms with Crippen molar-refractivity contribution in [2.24, 2.45) is 7.05 Å². The molecule has 1 heterocycles. The first-order valence-corrected chi connectivity index (χ1v) is 5.88. The minimum absolute atomic E-state index is 0.0794. The molecule has 0 atom stereocenters. The molecule has 0 aliphatic heterocycles. The van der Waals surface area contributed by atoms with Crippen LogP contribution in [0.15, 0.2) is 18.2 Å². The van der Waals surface area contributed by atoms with Gasteiger partial charge >= 0.3 is 6.18 Å². The summed E-state index contributed by atoms with van der Waals surface area (Å²) in [6.07, 6.45) is -4.21. The molecule has 100 valence electrons. The lowest BCUT2D eigenvalue weighted by Gasteiger charge is -2.10. The van der Waals surface area contributed by atoms with Crippen LogP contribution in [-0.4, -0.2) is 4.57 Å². The predicted molar refractivity (Wildman–Crippen MR) is 66.6 cm³/mol. The van der Waals surface area contributed by atoms with Gasteiger partial charge in [0.1, 0.15) is 5.69 Å². The zero-order valence-corrected chi connectivity index (χ0v) is 10.7. The zero-order chi connectivity index (χ0) is 14.2. The number of benzene rings is 1. The van der Waals surface area contributed by atoms with Gasteiger partial charge in [-0.2, -0.15) is 18.4 Å². The van der Waals surface area contributed by atoms with E-state index in [-0.39, 0.29) is 18.4 Å². The highest BCUT2D eigenvalue weighted by atomic mass is 19.4. The van der Waals surface area contributed by atoms with E-state index in [1.165, 1.54) is 11.6 Å². The molecule has 0 unspecified atom stereocenters. The van der Waals surface area contributed by atoms with Gasteiger partial charge in [0.25, 0.3) is 0 Å². The minimum atomic E-state index is -4.41. The molecule has 2 aromatic rings. The third-order valence-electron chi connectivity index (χ3n) is 3.22. The molecule has 0 saturated heterocycles. The summed E-state index contributed by atoms with van der Waals surface area (Å²) in [5.41, 5.74) is 1.03. The number of aromatic nitrogens is 1. The van der Waals surface area contributed by atoms with Crippen molar-refractivity contribution in [2.75, 3.05) is 0 Å². The molecule has 0 saturated carbocycles. The second-order valence-corrected chi connectivity index (χ2v) is 4.56. The van der Waals surface area contributed by atoms with Gasteiger partial charge < -0.3 is 4.57 Å². The van der Waals surface area contributed by atoms with Crippen molar-refractivity contribution < 1.29 is 13.2 Å². The van der Waals surface area contributed by atoms with Crippen molar-refractivity contribution in [2.45, 2.75) is 25.9 Å². The van der Waals surface area contributed by atoms with E-state index < -0.39 is 11.9 Å². The molecule has 0 N–H and O–H groups in total. The van der Waals surface area contributed by atoms with E-state index in [0.29, 0.717) is 10.9 Å². The quantitative estimate of drug-likeness (QED) is 0.808. The minimum Gasteiger partial charge on any atom is -0.340 e. The molecule has 0 fully saturated rings. The number of alkyl halides is 3. The number of hydrogen-bond donors (Lipinski definition) is 0. The molecule has 0 bridgehead atoms. The summed E-state index contributed by atoms with van der Waals surface area (Å²) in [6, 6.07) is 7.13. The van der Waals surface area contributed by atoms with Gasteiger partial charge in [-0.25, -0.2) is 0 Å². The smallest absolute Gasteiger partial charge is 0.340 e. The van der Waals surface area contributed by atoms with Crippen molar-refractivity contribution >= 4 is 10.9 Å². The van der Waals surface area contributed by atoms with Crippen molar-refractivity contribution in [1.29, 1.82) is 5.26 Å². The summed E-state index contributed by atoms with van der Waals surface area (Å²) < 4.78 is 40.7. The lowest BCUT2D eigenvalue weighted by atomic mass is 10.0. The van der Waals surface area contributed by atoms with Crippen LogP contribution in [0.1, 0.15) is 23.2 Å². The molecule has 2 rings (SSSR count). The van der Waals surface area contributed by atoms with E-state index in [1.807, 2.05) is 13.0 Å². The number of halogens is 3. The number of hydrogen-bond acceptors (Lipinski definition) is 1. The number of fused-ring (bicyclic) bond motifs is 1. The predicted octanol–water partition coefficient (Wildman–Crippen LogP) is 3.96. The van der Waals surface area contributed by atoms with Crippen LogP contribution >= 0.6 is 0 Å². The van der Waals surface area contributed by atoms with Crippen LogP contribution in [0.2, 0.25) is 0 Å². The molecule has 5 heteroatoms. The molecular formula is C14H13F3N2. The van der Waals surface area contributed by atoms with Gasteiger partial charge in [-0.1, -0.05) is 12.1 Å². The molecule has 19 heavy (non-hydrogen) atoms. The van der Waals surface area contributed by atoms with Gasteiger partial charge in [0.15, 0.2) is 0 Å². The Morgan fingerprint density at radius 2 is 2.00 bits per heavy atom. The number of aryl methyl sites for hydroxylation is 3. The van der Waals surface area contributed by atoms with E-state index >= 15 is 0 Å². The van der Waals surface area contributed by atoms with E-state index in [9.17, 15) is 13.2 Å². The fraction of sp³-hybridized carbons (Fsp3) is 0.357. The van der Waals surface area contributed by atoms with Crippen molar-refractivity contribution in [3.8, 4) is 6.07 Å². The van der Waals surface area contributed by atoms with Gasteiger partial charge in [-0.15, -0.1) is 0 Å². The van der Waals surface area contributed by atoms with Gasteiger partial charge in [0, 0.05) is 24.4 Å². The normalized spacial score (nSPS) is 11.8. The van der Waals surface area contributed by atoms with Crippen molar-refractivity contribution in [3.05, 3.63) is 35.0 Å². The maximum atomic E-state index is 13.2. The molecule has 0 spiro atoms. The first kappa shape index (κ1) is 13.5. The molecule has 1 aromatic heterocycles. The standard InChI is InChI=1S/C14H13F3N2/c1-9-5-6-10-11(4-3-7-18)13(14(15,16)17)19(2)12(10)8-9/h5-6,8H,3-4H2,1-2H3. The van der Waals surface area contributed by atoms with Gasteiger partial charge in [-0.3, -0.25) is 0 Å². The lowest BCUT2D eigenvalue weighted by Crippen LogP contribution is -2.13. The fourth-order valence-electron chi connectivity index (χ4n) is 2.42. The SMILES string of the molecule is Cc1ccc2c(CCC#N)c(C(F)(F)F)n(C)c2c1. The average Bonchev–Trinajstić information content (AvgIpc) is 2.59. The van der Waals surface area contributed by atoms with Crippen LogP contribution in [0.25, 0.3) is 10.9 Å². The van der Waals surface area contributed by atoms with E-state index in [1.54, 1.807) is 18.2 Å². The molecule has 0 aliphatic rings. The van der Waals surface area contributed by atoms with Crippen LogP contribution in [0, 0.1) is 18.3 Å². The molecule has 0 amide bonds. The van der Waals surface area contributed by atoms with E-state index in [0.717, 1.165) is 5.56 Å². The lowest BCUT2D eigenvalue weighted by molar-refractivity contribution is -0.143. The molecule has 0 aliphatic carbocycles. The van der Waals surface area contributed by atoms with Crippen LogP contribution in [0.5, 0.6) is 0 Å². The summed E-state index contributed by atoms with van der Waals surface area (Å²) in [5, 5.41) is 9.19. The van der Waals surface area contributed by atoms with Crippen molar-refractivity contribution in [1.82, 2.24) is 4.57 Å². The summed E-state index contributed by atoms with van der Waals surface area (Å²) >= 11 is 0. The second-order valence-electron chi connectivity index (χ2n) is 4.56. The van der Waals surface area contributed by atoms with Crippen LogP contribution in [0.3, 0.4) is 0 Å². The highest BCUT2D eigenvalue weighted by Gasteiger charge is 2.37. The Morgan fingerprint density at radius 3 is 2.58 bits per heavy atom. The third kappa shape index (κ3) is 2.30. The van der Waals surface area contributed by atoms with Crippen LogP contribution in [0.4, 0.5) is 13.2 Å². The zero-order valence-electron chi connectivity index (χ0n) is 10.7. The topological polar surface area (TPSA) is 28.7 Å². The summed E-state index contributed by atoms with van der Waals surface area (Å²) in [5.74, 6) is 0. The third-order valence-corrected chi connectivity index (χ3v) is 3.22. The highest BCUT2D eigenvalue weighted by Crippen LogP contribution is 2.38. The summed E-state index contributed by atoms with van der Waals surface area (Å²) in [4.78, 5) is 0. The number of rotatable bonds is 2. The number of nitriles is 1. The van der Waals surface area contributed by atoms with Crippen molar-refractivity contribution in [3.63, 3.8) is 0 Å². The monoisotopic (exact) mass is 266 g/mol. The fourth-order valence-corrected chi connectivity index (χ4v) is 2.42. The largest absolute Gasteiger partial charge is 0.431 e. The first-order valence-electron chi connectivity index (χ1n) is 5.88. The Morgan fingerprint density at radius 1 is 1.32 bits per heavy atom. The van der Waals surface area contributed by atoms with Crippen LogP contribution in [-0.2, 0) is 19.6 Å². The molecule has 1 aromatic carbocycles. The average molecular weight is 266 g/mol. The summed E-state index contributed by atoms with van der Waals surface area (Å²) in [7, 11) is 1.42. The Hall–Kier alpha value is -1.96. The van der Waals surface area contributed by atoms with Gasteiger partial charge in [0.2, 0.25) is 0 Å². The Bertz CT molecular complexity index is 660. The van der Waals surface area contributed by atoms with E-state index in [2.05, 4.69) is 0 Å². The maximum Gasteiger partial charge on any atom is 0.431 e. The summed E-state index contributed by atoms with van der Waals surface area (Å²) in [6.45, 7) is 1.84. The second kappa shape index (κ2) is 4.61. The molecular weight excluding hydrogens is 253 g/mol. The van der Waals surface area contributed by atoms with Crippen LogP contribution < -0.4 is 0 Å². The van der Waals surface area contributed by atoms with E-state index in [4.69, 9.17) is 5.26 Å². The molecule has 0 radical (unpaired) electrons. The maximum absolute atomic E-state index is 13.2. The first-order chi connectivity index (χ1) is 8.86. The van der Waals surface area contributed by atoms with Gasteiger partial charge in [0.05, 0.1) is 6.07 Å². The Labute approximate surface area is 109 Å². The Balaban J connectivity index is 2.77. The Kier molecular flexibility index (Phi) is 3.27.